The molecule has 5 saturated carbocycles. The van der Waals surface area contributed by atoms with Crippen molar-refractivity contribution in [2.24, 2.45) is 29.1 Å². The lowest BCUT2D eigenvalue weighted by Gasteiger charge is -2.70. The molecule has 0 aromatic rings. The van der Waals surface area contributed by atoms with Crippen molar-refractivity contribution in [3.05, 3.63) is 0 Å². The van der Waals surface area contributed by atoms with Gasteiger partial charge in [-0.25, -0.2) is 0 Å². The topological polar surface area (TPSA) is 91.6 Å². The molecule has 7 bridgehead atoms. The maximum atomic E-state index is 12.4. The second-order valence-electron chi connectivity index (χ2n) is 11.1. The predicted molar refractivity (Wildman–Crippen MR) is 108 cm³/mol. The van der Waals surface area contributed by atoms with Gasteiger partial charge in [-0.2, -0.15) is 0 Å². The Balaban J connectivity index is 1.63. The van der Waals surface area contributed by atoms with Gasteiger partial charge in [0.05, 0.1) is 23.9 Å². The van der Waals surface area contributed by atoms with Crippen LogP contribution >= 0.6 is 0 Å². The van der Waals surface area contributed by atoms with Crippen molar-refractivity contribution in [3.8, 4) is 0 Å². The number of likely N-dealkylation sites (tertiary alicyclic amines) is 1. The maximum Gasteiger partial charge on any atom is 0.124 e. The van der Waals surface area contributed by atoms with E-state index in [-0.39, 0.29) is 47.3 Å². The van der Waals surface area contributed by atoms with E-state index in [0.29, 0.717) is 13.0 Å². The summed E-state index contributed by atoms with van der Waals surface area (Å²) in [4.78, 5) is 2.40. The van der Waals surface area contributed by atoms with Gasteiger partial charge in [0.1, 0.15) is 11.2 Å². The van der Waals surface area contributed by atoms with Crippen molar-refractivity contribution < 1.29 is 29.5 Å². The molecule has 5 aliphatic carbocycles. The molecule has 7 nitrogen and oxygen atoms in total. The first-order valence-corrected chi connectivity index (χ1v) is 11.8. The van der Waals surface area contributed by atoms with Gasteiger partial charge in [0.15, 0.2) is 0 Å². The summed E-state index contributed by atoms with van der Waals surface area (Å²) in [5.74, 6) is -0.262. The molecular weight excluding hydrogens is 386 g/mol. The highest BCUT2D eigenvalue weighted by atomic mass is 16.5. The van der Waals surface area contributed by atoms with Crippen LogP contribution in [0, 0.1) is 29.1 Å². The number of methoxy groups -OCH3 is 3. The summed E-state index contributed by atoms with van der Waals surface area (Å²) in [5, 5.41) is 36.8. The summed E-state index contributed by atoms with van der Waals surface area (Å²) in [6.07, 6.45) is 2.77. The van der Waals surface area contributed by atoms with Gasteiger partial charge in [-0.3, -0.25) is 4.90 Å². The molecule has 1 aliphatic heterocycles. The fourth-order valence-electron chi connectivity index (χ4n) is 10.3. The second kappa shape index (κ2) is 5.99. The number of rotatable bonds is 4. The van der Waals surface area contributed by atoms with Crippen molar-refractivity contribution in [2.45, 2.75) is 80.2 Å². The Morgan fingerprint density at radius 3 is 2.40 bits per heavy atom. The van der Waals surface area contributed by atoms with Gasteiger partial charge >= 0.3 is 0 Å². The SMILES string of the molecule is CCN1C[C@]2(O)CC[C@H](OC)[C@]34C1[C@@H](C[C@H]23)[C@@]1(O)C[C@H](OC)[C@H]2C[C@@H]4[C@]1(O)[C@H]2OC. The van der Waals surface area contributed by atoms with Gasteiger partial charge in [-0.05, 0) is 38.1 Å². The van der Waals surface area contributed by atoms with Gasteiger partial charge in [0.25, 0.3) is 0 Å². The molecule has 6 rings (SSSR count). The second-order valence-corrected chi connectivity index (χ2v) is 11.1. The minimum Gasteiger partial charge on any atom is -0.388 e. The molecule has 1 spiro atoms. The third kappa shape index (κ3) is 1.80. The van der Waals surface area contributed by atoms with Gasteiger partial charge in [-0.15, -0.1) is 0 Å². The van der Waals surface area contributed by atoms with Crippen LogP contribution in [-0.4, -0.2) is 95.8 Å². The fraction of sp³-hybridized carbons (Fsp3) is 1.00. The van der Waals surface area contributed by atoms with E-state index in [0.717, 1.165) is 32.2 Å². The van der Waals surface area contributed by atoms with Crippen molar-refractivity contribution in [1.29, 1.82) is 0 Å². The van der Waals surface area contributed by atoms with Gasteiger partial charge in [0, 0.05) is 63.5 Å². The molecule has 170 valence electrons. The first kappa shape index (κ1) is 20.3. The molecule has 1 heterocycles. The van der Waals surface area contributed by atoms with Crippen molar-refractivity contribution in [2.75, 3.05) is 34.4 Å². The van der Waals surface area contributed by atoms with Crippen LogP contribution in [0.3, 0.4) is 0 Å². The molecule has 0 aromatic heterocycles. The zero-order chi connectivity index (χ0) is 21.3. The van der Waals surface area contributed by atoms with Crippen LogP contribution in [0.15, 0.2) is 0 Å². The van der Waals surface area contributed by atoms with Gasteiger partial charge in [0.2, 0.25) is 0 Å². The maximum absolute atomic E-state index is 12.4. The number of β-amino-alcohol motifs (C(OH)–C–C–N with tert-alkyl or cyclic N) is 1. The number of fused-ring (bicyclic) bond motifs is 2. The highest BCUT2D eigenvalue weighted by Gasteiger charge is 2.88. The lowest BCUT2D eigenvalue weighted by molar-refractivity contribution is -0.338. The molecule has 1 saturated heterocycles. The van der Waals surface area contributed by atoms with Crippen LogP contribution in [0.1, 0.15) is 39.0 Å². The molecule has 0 radical (unpaired) electrons. The van der Waals surface area contributed by atoms with Crippen molar-refractivity contribution in [1.82, 2.24) is 4.90 Å². The zero-order valence-corrected chi connectivity index (χ0v) is 18.6. The van der Waals surface area contributed by atoms with Crippen LogP contribution in [0.4, 0.5) is 0 Å². The first-order valence-electron chi connectivity index (χ1n) is 11.8. The summed E-state index contributed by atoms with van der Waals surface area (Å²) >= 11 is 0. The number of hydrogen-bond acceptors (Lipinski definition) is 7. The molecule has 6 aliphatic rings. The predicted octanol–water partition coefficient (Wildman–Crippen LogP) is 0.399. The molecule has 7 heteroatoms. The summed E-state index contributed by atoms with van der Waals surface area (Å²) in [5.41, 5.74) is -3.81. The fourth-order valence-corrected chi connectivity index (χ4v) is 10.3. The van der Waals surface area contributed by atoms with E-state index in [1.54, 1.807) is 21.3 Å². The number of nitrogens with zero attached hydrogens (tertiary/aromatic N) is 1. The molecule has 3 N–H and O–H groups in total. The Labute approximate surface area is 178 Å². The molecule has 1 unspecified atom stereocenters. The molecule has 30 heavy (non-hydrogen) atoms. The average molecular weight is 424 g/mol. The normalized spacial score (nSPS) is 63.3. The van der Waals surface area contributed by atoms with E-state index in [4.69, 9.17) is 14.2 Å². The molecule has 6 fully saturated rings. The van der Waals surface area contributed by atoms with E-state index in [9.17, 15) is 15.3 Å². The molecule has 12 atom stereocenters. The summed E-state index contributed by atoms with van der Waals surface area (Å²) in [6, 6.07) is 0.0974. The molecular formula is C23H37NO6. The van der Waals surface area contributed by atoms with E-state index in [1.165, 1.54) is 0 Å². The lowest BCUT2D eigenvalue weighted by atomic mass is 9.44. The Morgan fingerprint density at radius 1 is 1.00 bits per heavy atom. The Hall–Kier alpha value is -0.280. The number of aliphatic hydroxyl groups is 3. The van der Waals surface area contributed by atoms with Crippen LogP contribution in [-0.2, 0) is 14.2 Å². The van der Waals surface area contributed by atoms with Crippen LogP contribution < -0.4 is 0 Å². The number of likely N-dealkylation sites (N-methyl/N-ethyl adjacent to an activating group) is 1. The summed E-state index contributed by atoms with van der Waals surface area (Å²) < 4.78 is 18.0. The van der Waals surface area contributed by atoms with Crippen molar-refractivity contribution >= 4 is 0 Å². The molecule has 0 amide bonds. The minimum absolute atomic E-state index is 0.0300. The third-order valence-corrected chi connectivity index (χ3v) is 10.9. The highest BCUT2D eigenvalue weighted by Crippen LogP contribution is 2.78. The third-order valence-electron chi connectivity index (χ3n) is 10.9. The number of piperidine rings is 1. The van der Waals surface area contributed by atoms with Gasteiger partial charge < -0.3 is 29.5 Å². The van der Waals surface area contributed by atoms with E-state index in [2.05, 4.69) is 11.8 Å². The van der Waals surface area contributed by atoms with Crippen LogP contribution in [0.25, 0.3) is 0 Å². The number of ether oxygens (including phenoxy) is 3. The van der Waals surface area contributed by atoms with E-state index >= 15 is 0 Å². The largest absolute Gasteiger partial charge is 0.388 e. The van der Waals surface area contributed by atoms with Gasteiger partial charge in [-0.1, -0.05) is 6.92 Å². The summed E-state index contributed by atoms with van der Waals surface area (Å²) in [6.45, 7) is 3.62. The summed E-state index contributed by atoms with van der Waals surface area (Å²) in [7, 11) is 5.13. The Bertz CT molecular complexity index is 751. The van der Waals surface area contributed by atoms with Crippen LogP contribution in [0.5, 0.6) is 0 Å². The number of hydrogen-bond donors (Lipinski definition) is 3. The Morgan fingerprint density at radius 2 is 1.77 bits per heavy atom. The molecule has 0 aromatic carbocycles. The average Bonchev–Trinajstić information content (AvgIpc) is 3.16. The first-order chi connectivity index (χ1) is 14.3. The highest BCUT2D eigenvalue weighted by molar-refractivity contribution is 5.38. The van der Waals surface area contributed by atoms with E-state index in [1.807, 2.05) is 0 Å². The quantitative estimate of drug-likeness (QED) is 0.603. The Kier molecular flexibility index (Phi) is 4.06. The van der Waals surface area contributed by atoms with Crippen LogP contribution in [0.2, 0.25) is 0 Å². The van der Waals surface area contributed by atoms with E-state index < -0.39 is 22.9 Å². The van der Waals surface area contributed by atoms with Crippen molar-refractivity contribution in [3.63, 3.8) is 0 Å². The smallest absolute Gasteiger partial charge is 0.124 e. The minimum atomic E-state index is -1.34. The monoisotopic (exact) mass is 423 g/mol. The lowest BCUT2D eigenvalue weighted by Crippen LogP contribution is -2.83. The zero-order valence-electron chi connectivity index (χ0n) is 18.6. The standard InChI is InChI=1S/C23H37NO6/c1-5-24-11-20(25)7-6-17(29-3)22-15(20)9-13(18(22)24)21(26)10-14(28-2)12-8-16(22)23(21,27)19(12)30-4/h12-19,25-27H,5-11H2,1-4H3/t12-,13-,14+,15-,16+,17+,18?,19+,20-,21+,22+,23+/m1/s1.